The second kappa shape index (κ2) is 4.32. The quantitative estimate of drug-likeness (QED) is 0.781. The Morgan fingerprint density at radius 2 is 2.44 bits per heavy atom. The first-order chi connectivity index (χ1) is 7.70. The molecule has 0 saturated carbocycles. The molecule has 0 aliphatic heterocycles. The minimum atomic E-state index is -0.924. The van der Waals surface area contributed by atoms with Crippen LogP contribution < -0.4 is 0 Å². The van der Waals surface area contributed by atoms with Gasteiger partial charge in [-0.2, -0.15) is 0 Å². The second-order valence-corrected chi connectivity index (χ2v) is 3.43. The number of rotatable bonds is 3. The summed E-state index contributed by atoms with van der Waals surface area (Å²) in [6, 6.07) is 5.55. The van der Waals surface area contributed by atoms with Gasteiger partial charge in [0.1, 0.15) is 11.8 Å². The van der Waals surface area contributed by atoms with Crippen LogP contribution in [-0.4, -0.2) is 27.6 Å². The number of imidazole rings is 1. The van der Waals surface area contributed by atoms with Crippen LogP contribution in [0, 0.1) is 0 Å². The fraction of sp³-hybridized carbons (Fsp3) is 0.273. The maximum Gasteiger partial charge on any atom is 0.308 e. The van der Waals surface area contributed by atoms with E-state index in [1.807, 2.05) is 24.4 Å². The number of methoxy groups -OCH3 is 1. The highest BCUT2D eigenvalue weighted by Crippen LogP contribution is 2.16. The van der Waals surface area contributed by atoms with Gasteiger partial charge in [0, 0.05) is 12.4 Å². The van der Waals surface area contributed by atoms with Gasteiger partial charge >= 0.3 is 5.97 Å². The molecule has 0 bridgehead atoms. The van der Waals surface area contributed by atoms with Crippen molar-refractivity contribution in [2.45, 2.75) is 12.5 Å². The number of aromatic nitrogens is 2. The first-order valence-corrected chi connectivity index (χ1v) is 4.89. The van der Waals surface area contributed by atoms with E-state index in [0.717, 1.165) is 5.65 Å². The van der Waals surface area contributed by atoms with Gasteiger partial charge in [-0.3, -0.25) is 4.79 Å². The van der Waals surface area contributed by atoms with Crippen molar-refractivity contribution < 1.29 is 14.6 Å². The predicted octanol–water partition coefficient (Wildman–Crippen LogP) is 0.931. The highest BCUT2D eigenvalue weighted by molar-refractivity contribution is 5.70. The van der Waals surface area contributed by atoms with Crippen LogP contribution in [0.2, 0.25) is 0 Å². The monoisotopic (exact) mass is 220 g/mol. The topological polar surface area (TPSA) is 63.8 Å². The van der Waals surface area contributed by atoms with Gasteiger partial charge in [0.15, 0.2) is 0 Å². The molecule has 5 nitrogen and oxygen atoms in total. The summed E-state index contributed by atoms with van der Waals surface area (Å²) in [5, 5.41) is 9.75. The molecular formula is C11H12N2O3. The lowest BCUT2D eigenvalue weighted by Crippen LogP contribution is -2.08. The van der Waals surface area contributed by atoms with Gasteiger partial charge in [0.2, 0.25) is 0 Å². The SMILES string of the molecule is COC(=O)CC(O)c1cn2ccccc2n1. The summed E-state index contributed by atoms with van der Waals surface area (Å²) in [5.41, 5.74) is 1.21. The van der Waals surface area contributed by atoms with Gasteiger partial charge in [-0.15, -0.1) is 0 Å². The van der Waals surface area contributed by atoms with Gasteiger partial charge < -0.3 is 14.2 Å². The summed E-state index contributed by atoms with van der Waals surface area (Å²) in [5.74, 6) is -0.454. The number of fused-ring (bicyclic) bond motifs is 1. The zero-order valence-electron chi connectivity index (χ0n) is 8.83. The number of carbonyl (C=O) groups is 1. The molecule has 5 heteroatoms. The maximum atomic E-state index is 11.0. The molecule has 0 aliphatic rings. The fourth-order valence-corrected chi connectivity index (χ4v) is 1.46. The summed E-state index contributed by atoms with van der Waals surface area (Å²) in [7, 11) is 1.29. The van der Waals surface area contributed by atoms with Crippen LogP contribution in [0.1, 0.15) is 18.2 Å². The predicted molar refractivity (Wildman–Crippen MR) is 56.8 cm³/mol. The van der Waals surface area contributed by atoms with Gasteiger partial charge in [-0.05, 0) is 12.1 Å². The van der Waals surface area contributed by atoms with Crippen LogP contribution in [0.3, 0.4) is 0 Å². The fourth-order valence-electron chi connectivity index (χ4n) is 1.46. The van der Waals surface area contributed by atoms with Crippen LogP contribution in [0.5, 0.6) is 0 Å². The number of pyridine rings is 1. The highest BCUT2D eigenvalue weighted by atomic mass is 16.5. The number of aliphatic hydroxyl groups is 1. The van der Waals surface area contributed by atoms with E-state index in [-0.39, 0.29) is 6.42 Å². The molecule has 84 valence electrons. The van der Waals surface area contributed by atoms with E-state index in [4.69, 9.17) is 0 Å². The third-order valence-electron chi connectivity index (χ3n) is 2.31. The Bertz CT molecular complexity index is 474. The van der Waals surface area contributed by atoms with E-state index in [0.29, 0.717) is 5.69 Å². The van der Waals surface area contributed by atoms with Gasteiger partial charge in [-0.25, -0.2) is 4.98 Å². The van der Waals surface area contributed by atoms with E-state index in [1.54, 1.807) is 10.6 Å². The van der Waals surface area contributed by atoms with Crippen LogP contribution >= 0.6 is 0 Å². The van der Waals surface area contributed by atoms with Gasteiger partial charge in [0.05, 0.1) is 19.2 Å². The Labute approximate surface area is 92.3 Å². The molecule has 1 N–H and O–H groups in total. The number of nitrogens with zero attached hydrogens (tertiary/aromatic N) is 2. The lowest BCUT2D eigenvalue weighted by Gasteiger charge is -2.04. The zero-order chi connectivity index (χ0) is 11.5. The van der Waals surface area contributed by atoms with Crippen LogP contribution in [-0.2, 0) is 9.53 Å². The first-order valence-electron chi connectivity index (χ1n) is 4.89. The molecule has 16 heavy (non-hydrogen) atoms. The molecule has 2 rings (SSSR count). The van der Waals surface area contributed by atoms with Crippen molar-refractivity contribution in [2.75, 3.05) is 7.11 Å². The molecule has 2 heterocycles. The maximum absolute atomic E-state index is 11.0. The van der Waals surface area contributed by atoms with E-state index in [2.05, 4.69) is 9.72 Å². The van der Waals surface area contributed by atoms with E-state index in [1.165, 1.54) is 7.11 Å². The van der Waals surface area contributed by atoms with Gasteiger partial charge in [-0.1, -0.05) is 6.07 Å². The first kappa shape index (κ1) is 10.6. The number of hydrogen-bond donors (Lipinski definition) is 1. The summed E-state index contributed by atoms with van der Waals surface area (Å²) in [6.45, 7) is 0. The largest absolute Gasteiger partial charge is 0.469 e. The average Bonchev–Trinajstić information content (AvgIpc) is 2.72. The zero-order valence-corrected chi connectivity index (χ0v) is 8.83. The molecular weight excluding hydrogens is 208 g/mol. The number of ether oxygens (including phenoxy) is 1. The molecule has 2 aromatic rings. The lowest BCUT2D eigenvalue weighted by atomic mass is 10.2. The summed E-state index contributed by atoms with van der Waals surface area (Å²) >= 11 is 0. The van der Waals surface area contributed by atoms with Crippen molar-refractivity contribution in [3.05, 3.63) is 36.3 Å². The standard InChI is InChI=1S/C11H12N2O3/c1-16-11(15)6-9(14)8-7-13-5-3-2-4-10(13)12-8/h2-5,7,9,14H,6H2,1H3. The third kappa shape index (κ3) is 2.04. The van der Waals surface area contributed by atoms with Crippen molar-refractivity contribution >= 4 is 11.6 Å². The minimum Gasteiger partial charge on any atom is -0.469 e. The number of esters is 1. The Hall–Kier alpha value is -1.88. The van der Waals surface area contributed by atoms with Crippen molar-refractivity contribution in [1.82, 2.24) is 9.38 Å². The van der Waals surface area contributed by atoms with E-state index in [9.17, 15) is 9.90 Å². The van der Waals surface area contributed by atoms with Crippen LogP contribution in [0.4, 0.5) is 0 Å². The normalized spacial score (nSPS) is 12.6. The smallest absolute Gasteiger partial charge is 0.308 e. The van der Waals surface area contributed by atoms with E-state index < -0.39 is 12.1 Å². The van der Waals surface area contributed by atoms with E-state index >= 15 is 0 Å². The number of hydrogen-bond acceptors (Lipinski definition) is 4. The number of carbonyl (C=O) groups excluding carboxylic acids is 1. The minimum absolute atomic E-state index is 0.0830. The highest BCUT2D eigenvalue weighted by Gasteiger charge is 2.16. The third-order valence-corrected chi connectivity index (χ3v) is 2.31. The Kier molecular flexibility index (Phi) is 2.87. The Morgan fingerprint density at radius 1 is 1.62 bits per heavy atom. The van der Waals surface area contributed by atoms with Crippen molar-refractivity contribution in [1.29, 1.82) is 0 Å². The molecule has 0 saturated heterocycles. The summed E-state index contributed by atoms with van der Waals surface area (Å²) in [4.78, 5) is 15.2. The Morgan fingerprint density at radius 3 is 3.12 bits per heavy atom. The van der Waals surface area contributed by atoms with Crippen molar-refractivity contribution in [2.24, 2.45) is 0 Å². The summed E-state index contributed by atoms with van der Waals surface area (Å²) < 4.78 is 6.27. The average molecular weight is 220 g/mol. The molecule has 2 aromatic heterocycles. The molecule has 0 amide bonds. The van der Waals surface area contributed by atoms with Crippen molar-refractivity contribution in [3.63, 3.8) is 0 Å². The van der Waals surface area contributed by atoms with Crippen molar-refractivity contribution in [3.8, 4) is 0 Å². The molecule has 0 aliphatic carbocycles. The second-order valence-electron chi connectivity index (χ2n) is 3.43. The summed E-state index contributed by atoms with van der Waals surface area (Å²) in [6.07, 6.45) is 2.52. The van der Waals surface area contributed by atoms with Gasteiger partial charge in [0.25, 0.3) is 0 Å². The molecule has 0 aromatic carbocycles. The Balaban J connectivity index is 2.23. The molecule has 0 radical (unpaired) electrons. The van der Waals surface area contributed by atoms with Crippen LogP contribution in [0.15, 0.2) is 30.6 Å². The molecule has 1 atom stereocenters. The molecule has 0 fully saturated rings. The van der Waals surface area contributed by atoms with Crippen LogP contribution in [0.25, 0.3) is 5.65 Å². The number of aliphatic hydroxyl groups excluding tert-OH is 1. The molecule has 1 unspecified atom stereocenters. The molecule has 0 spiro atoms. The lowest BCUT2D eigenvalue weighted by molar-refractivity contribution is -0.142.